The minimum Gasteiger partial charge on any atom is -0.229 e. The van der Waals surface area contributed by atoms with Crippen molar-refractivity contribution < 1.29 is 0 Å². The number of aromatic nitrogens is 4. The molecule has 2 rings (SSSR count). The van der Waals surface area contributed by atoms with E-state index in [1.54, 1.807) is 0 Å². The molecule has 0 saturated carbocycles. The Balaban J connectivity index is 2.19. The van der Waals surface area contributed by atoms with Crippen molar-refractivity contribution in [2.75, 3.05) is 4.43 Å². The average Bonchev–Trinajstić information content (AvgIpc) is 2.53. The Labute approximate surface area is 84.9 Å². The molecule has 1 aliphatic heterocycles. The van der Waals surface area contributed by atoms with E-state index < -0.39 is 0 Å². The first-order valence-corrected chi connectivity index (χ1v) is 5.76. The third kappa shape index (κ3) is 1.46. The van der Waals surface area contributed by atoms with Crippen LogP contribution >= 0.6 is 22.6 Å². The smallest absolute Gasteiger partial charge is 0.154 e. The lowest BCUT2D eigenvalue weighted by atomic mass is 9.97. The van der Waals surface area contributed by atoms with E-state index in [1.165, 1.54) is 23.7 Å². The van der Waals surface area contributed by atoms with Crippen molar-refractivity contribution in [3.8, 4) is 0 Å². The number of rotatable bonds is 2. The summed E-state index contributed by atoms with van der Waals surface area (Å²) in [7, 11) is 0. The summed E-state index contributed by atoms with van der Waals surface area (Å²) in [6, 6.07) is 0. The van der Waals surface area contributed by atoms with Crippen LogP contribution in [0, 0.1) is 0 Å². The summed E-state index contributed by atoms with van der Waals surface area (Å²) in [5.74, 6) is 1.70. The van der Waals surface area contributed by atoms with Crippen molar-refractivity contribution in [3.05, 3.63) is 5.82 Å². The predicted octanol–water partition coefficient (Wildman–Crippen LogP) is 1.38. The molecular weight excluding hydrogens is 267 g/mol. The molecule has 5 heteroatoms. The van der Waals surface area contributed by atoms with E-state index >= 15 is 0 Å². The van der Waals surface area contributed by atoms with Gasteiger partial charge in [0, 0.05) is 16.9 Å². The normalized spacial score (nSPS) is 22.2. The summed E-state index contributed by atoms with van der Waals surface area (Å²) in [5.41, 5.74) is 0. The highest BCUT2D eigenvalue weighted by Gasteiger charge is 2.22. The molecule has 1 aromatic rings. The molecule has 1 aliphatic rings. The van der Waals surface area contributed by atoms with Gasteiger partial charge in [-0.3, -0.25) is 0 Å². The first-order chi connectivity index (χ1) is 5.92. The quantitative estimate of drug-likeness (QED) is 0.606. The van der Waals surface area contributed by atoms with Crippen molar-refractivity contribution in [2.45, 2.75) is 31.7 Å². The molecule has 0 radical (unpaired) electrons. The van der Waals surface area contributed by atoms with Crippen LogP contribution in [0.5, 0.6) is 0 Å². The van der Waals surface area contributed by atoms with E-state index in [1.807, 2.05) is 4.68 Å². The minimum atomic E-state index is 0.602. The van der Waals surface area contributed by atoms with Crippen molar-refractivity contribution in [1.29, 1.82) is 0 Å². The molecule has 4 nitrogen and oxygen atoms in total. The van der Waals surface area contributed by atoms with Gasteiger partial charge in [0.25, 0.3) is 0 Å². The Morgan fingerprint density at radius 3 is 3.33 bits per heavy atom. The van der Waals surface area contributed by atoms with Crippen LogP contribution in [0.25, 0.3) is 0 Å². The molecule has 12 heavy (non-hydrogen) atoms. The van der Waals surface area contributed by atoms with Gasteiger partial charge < -0.3 is 0 Å². The van der Waals surface area contributed by atoms with E-state index in [2.05, 4.69) is 38.1 Å². The number of tetrazole rings is 1. The average molecular weight is 278 g/mol. The van der Waals surface area contributed by atoms with Gasteiger partial charge >= 0.3 is 0 Å². The van der Waals surface area contributed by atoms with Crippen molar-refractivity contribution in [1.82, 2.24) is 20.2 Å². The van der Waals surface area contributed by atoms with Crippen LogP contribution < -0.4 is 0 Å². The molecule has 1 aromatic heterocycles. The summed E-state index contributed by atoms with van der Waals surface area (Å²) in [6.07, 6.45) is 3.68. The fraction of sp³-hybridized carbons (Fsp3) is 0.857. The van der Waals surface area contributed by atoms with Crippen molar-refractivity contribution in [3.63, 3.8) is 0 Å². The molecule has 0 amide bonds. The molecule has 0 fully saturated rings. The van der Waals surface area contributed by atoms with E-state index in [0.29, 0.717) is 5.92 Å². The largest absolute Gasteiger partial charge is 0.229 e. The lowest BCUT2D eigenvalue weighted by Gasteiger charge is -2.19. The molecule has 0 saturated heterocycles. The second kappa shape index (κ2) is 3.68. The van der Waals surface area contributed by atoms with Gasteiger partial charge in [-0.1, -0.05) is 22.6 Å². The lowest BCUT2D eigenvalue weighted by molar-refractivity contribution is 0.409. The molecule has 1 unspecified atom stereocenters. The monoisotopic (exact) mass is 278 g/mol. The van der Waals surface area contributed by atoms with Gasteiger partial charge in [0.1, 0.15) is 0 Å². The number of hydrogen-bond acceptors (Lipinski definition) is 3. The Morgan fingerprint density at radius 2 is 2.50 bits per heavy atom. The minimum absolute atomic E-state index is 0.602. The predicted molar refractivity (Wildman–Crippen MR) is 53.3 cm³/mol. The number of aryl methyl sites for hydroxylation is 1. The Kier molecular flexibility index (Phi) is 2.57. The van der Waals surface area contributed by atoms with Crippen LogP contribution in [0.2, 0.25) is 0 Å². The SMILES string of the molecule is ICCC1CCCn2nnnc21. The fourth-order valence-electron chi connectivity index (χ4n) is 1.68. The van der Waals surface area contributed by atoms with Crippen molar-refractivity contribution >= 4 is 22.6 Å². The fourth-order valence-corrected chi connectivity index (χ4v) is 2.44. The molecule has 0 aliphatic carbocycles. The standard InChI is InChI=1S/C7H11IN4/c8-4-3-6-2-1-5-12-7(6)9-10-11-12/h6H,1-5H2. The molecule has 66 valence electrons. The molecular formula is C7H11IN4. The Bertz CT molecular complexity index is 260. The maximum Gasteiger partial charge on any atom is 0.154 e. The highest BCUT2D eigenvalue weighted by atomic mass is 127. The van der Waals surface area contributed by atoms with E-state index in [-0.39, 0.29) is 0 Å². The first-order valence-electron chi connectivity index (χ1n) is 4.24. The second-order valence-corrected chi connectivity index (χ2v) is 4.16. The molecule has 0 spiro atoms. The van der Waals surface area contributed by atoms with Gasteiger partial charge in [-0.05, 0) is 29.7 Å². The van der Waals surface area contributed by atoms with Gasteiger partial charge in [-0.15, -0.1) is 5.10 Å². The zero-order chi connectivity index (χ0) is 8.39. The summed E-state index contributed by atoms with van der Waals surface area (Å²) < 4.78 is 3.13. The Morgan fingerprint density at radius 1 is 1.58 bits per heavy atom. The zero-order valence-electron chi connectivity index (χ0n) is 6.78. The van der Waals surface area contributed by atoms with Gasteiger partial charge in [-0.2, -0.15) is 0 Å². The van der Waals surface area contributed by atoms with Crippen LogP contribution in [0.3, 0.4) is 0 Å². The van der Waals surface area contributed by atoms with Crippen LogP contribution in [0.15, 0.2) is 0 Å². The highest BCUT2D eigenvalue weighted by Crippen LogP contribution is 2.27. The molecule has 0 bridgehead atoms. The van der Waals surface area contributed by atoms with E-state index in [9.17, 15) is 0 Å². The summed E-state index contributed by atoms with van der Waals surface area (Å²) >= 11 is 2.41. The summed E-state index contributed by atoms with van der Waals surface area (Å²) in [6.45, 7) is 1.00. The summed E-state index contributed by atoms with van der Waals surface area (Å²) in [5, 5.41) is 11.7. The molecule has 2 heterocycles. The maximum absolute atomic E-state index is 4.06. The number of nitrogens with zero attached hydrogens (tertiary/aromatic N) is 4. The zero-order valence-corrected chi connectivity index (χ0v) is 8.94. The van der Waals surface area contributed by atoms with Crippen molar-refractivity contribution in [2.24, 2.45) is 0 Å². The first kappa shape index (κ1) is 8.40. The van der Waals surface area contributed by atoms with Crippen LogP contribution in [0.4, 0.5) is 0 Å². The third-order valence-electron chi connectivity index (χ3n) is 2.30. The number of hydrogen-bond donors (Lipinski definition) is 0. The number of alkyl halides is 1. The Hall–Kier alpha value is -0.200. The van der Waals surface area contributed by atoms with Gasteiger partial charge in [0.15, 0.2) is 5.82 Å². The van der Waals surface area contributed by atoms with Crippen LogP contribution in [0.1, 0.15) is 31.0 Å². The van der Waals surface area contributed by atoms with Gasteiger partial charge in [0.2, 0.25) is 0 Å². The molecule has 0 N–H and O–H groups in total. The summed E-state index contributed by atoms with van der Waals surface area (Å²) in [4.78, 5) is 0. The van der Waals surface area contributed by atoms with Gasteiger partial charge in [-0.25, -0.2) is 4.68 Å². The maximum atomic E-state index is 4.06. The number of halogens is 1. The highest BCUT2D eigenvalue weighted by molar-refractivity contribution is 14.1. The third-order valence-corrected chi connectivity index (χ3v) is 2.93. The lowest BCUT2D eigenvalue weighted by Crippen LogP contribution is -2.17. The van der Waals surface area contributed by atoms with E-state index in [4.69, 9.17) is 0 Å². The van der Waals surface area contributed by atoms with Crippen LogP contribution in [-0.2, 0) is 6.54 Å². The van der Waals surface area contributed by atoms with E-state index in [0.717, 1.165) is 12.4 Å². The second-order valence-electron chi connectivity index (χ2n) is 3.08. The molecule has 1 atom stereocenters. The van der Waals surface area contributed by atoms with Crippen LogP contribution in [-0.4, -0.2) is 24.6 Å². The van der Waals surface area contributed by atoms with Gasteiger partial charge in [0.05, 0.1) is 0 Å². The number of fused-ring (bicyclic) bond motifs is 1. The topological polar surface area (TPSA) is 43.6 Å². The molecule has 0 aromatic carbocycles.